The largest absolute Gasteiger partial charge is 0.394 e. The number of aliphatic hydroxyl groups is 2. The summed E-state index contributed by atoms with van der Waals surface area (Å²) >= 11 is 0. The minimum atomic E-state index is -0.856. The standard InChI is InChI=1S/C13H16N2O5/c1-3-4-14-12(18)8(2)6-15(13(14)19)11-5-9(17)10(7-16)20-11/h1,6,9-11,16-17H,4-5,7H2,2H3. The van der Waals surface area contributed by atoms with Crippen LogP contribution in [0.1, 0.15) is 18.2 Å². The second kappa shape index (κ2) is 5.63. The molecular formula is C13H16N2O5. The lowest BCUT2D eigenvalue weighted by Crippen LogP contribution is -2.42. The molecule has 1 aromatic heterocycles. The van der Waals surface area contributed by atoms with Gasteiger partial charge in [0.05, 0.1) is 19.3 Å². The van der Waals surface area contributed by atoms with Crippen LogP contribution in [0, 0.1) is 19.3 Å². The van der Waals surface area contributed by atoms with Gasteiger partial charge in [-0.25, -0.2) is 9.36 Å². The number of aryl methyl sites for hydroxylation is 1. The van der Waals surface area contributed by atoms with E-state index in [2.05, 4.69) is 5.92 Å². The van der Waals surface area contributed by atoms with Crippen LogP contribution in [0.3, 0.4) is 0 Å². The third kappa shape index (κ3) is 2.41. The zero-order valence-corrected chi connectivity index (χ0v) is 11.0. The van der Waals surface area contributed by atoms with Gasteiger partial charge < -0.3 is 14.9 Å². The summed E-state index contributed by atoms with van der Waals surface area (Å²) in [5.74, 6) is 2.26. The van der Waals surface area contributed by atoms with Gasteiger partial charge in [0.2, 0.25) is 0 Å². The zero-order valence-electron chi connectivity index (χ0n) is 11.0. The number of aromatic nitrogens is 2. The van der Waals surface area contributed by atoms with Crippen LogP contribution in [0.2, 0.25) is 0 Å². The number of nitrogens with zero attached hydrogens (tertiary/aromatic N) is 2. The summed E-state index contributed by atoms with van der Waals surface area (Å²) in [7, 11) is 0. The SMILES string of the molecule is C#CCn1c(=O)c(C)cn(C2CC(O)C(CO)O2)c1=O. The number of hydrogen-bond donors (Lipinski definition) is 2. The van der Waals surface area contributed by atoms with E-state index in [0.717, 1.165) is 4.57 Å². The molecule has 2 rings (SSSR count). The van der Waals surface area contributed by atoms with E-state index in [9.17, 15) is 14.7 Å². The van der Waals surface area contributed by atoms with Crippen molar-refractivity contribution in [2.24, 2.45) is 0 Å². The first-order valence-corrected chi connectivity index (χ1v) is 6.20. The molecule has 20 heavy (non-hydrogen) atoms. The van der Waals surface area contributed by atoms with Crippen molar-refractivity contribution in [3.8, 4) is 12.3 Å². The Hall–Kier alpha value is -1.88. The molecule has 0 bridgehead atoms. The van der Waals surface area contributed by atoms with Crippen molar-refractivity contribution in [1.29, 1.82) is 0 Å². The molecule has 1 saturated heterocycles. The van der Waals surface area contributed by atoms with Crippen LogP contribution >= 0.6 is 0 Å². The molecule has 2 N–H and O–H groups in total. The lowest BCUT2D eigenvalue weighted by Gasteiger charge is -2.16. The molecule has 1 aliphatic heterocycles. The summed E-state index contributed by atoms with van der Waals surface area (Å²) < 4.78 is 7.58. The minimum Gasteiger partial charge on any atom is -0.394 e. The van der Waals surface area contributed by atoms with E-state index in [0.29, 0.717) is 5.56 Å². The highest BCUT2D eigenvalue weighted by molar-refractivity contribution is 5.05. The number of rotatable bonds is 3. The first-order valence-electron chi connectivity index (χ1n) is 6.20. The fourth-order valence-electron chi connectivity index (χ4n) is 2.25. The Balaban J connectivity index is 2.47. The lowest BCUT2D eigenvalue weighted by atomic mass is 10.2. The summed E-state index contributed by atoms with van der Waals surface area (Å²) in [5, 5.41) is 18.8. The van der Waals surface area contributed by atoms with Crippen molar-refractivity contribution in [3.63, 3.8) is 0 Å². The summed E-state index contributed by atoms with van der Waals surface area (Å²) in [6.45, 7) is 1.10. The average Bonchev–Trinajstić information content (AvgIpc) is 2.80. The highest BCUT2D eigenvalue weighted by atomic mass is 16.5. The number of hydrogen-bond acceptors (Lipinski definition) is 5. The Morgan fingerprint density at radius 2 is 2.25 bits per heavy atom. The van der Waals surface area contributed by atoms with Gasteiger partial charge in [0.15, 0.2) is 0 Å². The van der Waals surface area contributed by atoms with Crippen LogP contribution in [-0.2, 0) is 11.3 Å². The Labute approximate surface area is 115 Å². The van der Waals surface area contributed by atoms with E-state index in [4.69, 9.17) is 16.3 Å². The molecule has 0 spiro atoms. The number of terminal acetylenes is 1. The molecule has 3 unspecified atom stereocenters. The topological polar surface area (TPSA) is 93.7 Å². The molecule has 7 nitrogen and oxygen atoms in total. The van der Waals surface area contributed by atoms with Crippen molar-refractivity contribution >= 4 is 0 Å². The zero-order chi connectivity index (χ0) is 14.9. The second-order valence-electron chi connectivity index (χ2n) is 4.71. The van der Waals surface area contributed by atoms with Gasteiger partial charge in [0.1, 0.15) is 12.3 Å². The maximum Gasteiger partial charge on any atom is 0.333 e. The van der Waals surface area contributed by atoms with Gasteiger partial charge in [-0.3, -0.25) is 9.36 Å². The van der Waals surface area contributed by atoms with E-state index in [-0.39, 0.29) is 19.6 Å². The molecular weight excluding hydrogens is 264 g/mol. The van der Waals surface area contributed by atoms with Crippen molar-refractivity contribution in [2.75, 3.05) is 6.61 Å². The molecule has 0 aliphatic carbocycles. The average molecular weight is 280 g/mol. The molecule has 2 heterocycles. The maximum absolute atomic E-state index is 12.2. The van der Waals surface area contributed by atoms with Crippen LogP contribution in [0.5, 0.6) is 0 Å². The van der Waals surface area contributed by atoms with Gasteiger partial charge in [0.25, 0.3) is 5.56 Å². The monoisotopic (exact) mass is 280 g/mol. The lowest BCUT2D eigenvalue weighted by molar-refractivity contribution is -0.0463. The van der Waals surface area contributed by atoms with Crippen LogP contribution < -0.4 is 11.2 Å². The van der Waals surface area contributed by atoms with E-state index in [1.54, 1.807) is 6.92 Å². The molecule has 0 saturated carbocycles. The Morgan fingerprint density at radius 3 is 2.80 bits per heavy atom. The molecule has 3 atom stereocenters. The molecule has 1 fully saturated rings. The molecule has 1 aromatic rings. The van der Waals surface area contributed by atoms with E-state index < -0.39 is 29.7 Å². The molecule has 108 valence electrons. The van der Waals surface area contributed by atoms with Crippen molar-refractivity contribution in [1.82, 2.24) is 9.13 Å². The van der Waals surface area contributed by atoms with E-state index in [1.165, 1.54) is 10.8 Å². The highest BCUT2D eigenvalue weighted by Crippen LogP contribution is 2.27. The van der Waals surface area contributed by atoms with Crippen molar-refractivity contribution in [2.45, 2.75) is 38.3 Å². The fourth-order valence-corrected chi connectivity index (χ4v) is 2.25. The highest BCUT2D eigenvalue weighted by Gasteiger charge is 2.35. The summed E-state index contributed by atoms with van der Waals surface area (Å²) in [6.07, 6.45) is 4.39. The van der Waals surface area contributed by atoms with Crippen molar-refractivity contribution in [3.05, 3.63) is 32.6 Å². The van der Waals surface area contributed by atoms with Crippen LogP contribution in [0.25, 0.3) is 0 Å². The van der Waals surface area contributed by atoms with Gasteiger partial charge in [-0.2, -0.15) is 0 Å². The summed E-state index contributed by atoms with van der Waals surface area (Å²) in [6, 6.07) is 0. The quantitative estimate of drug-likeness (QED) is 0.664. The molecule has 0 radical (unpaired) electrons. The van der Waals surface area contributed by atoms with Crippen LogP contribution in [0.15, 0.2) is 15.8 Å². The van der Waals surface area contributed by atoms with Gasteiger partial charge in [-0.05, 0) is 6.92 Å². The van der Waals surface area contributed by atoms with Gasteiger partial charge in [-0.15, -0.1) is 6.42 Å². The van der Waals surface area contributed by atoms with Gasteiger partial charge >= 0.3 is 5.69 Å². The predicted molar refractivity (Wildman–Crippen MR) is 70.2 cm³/mol. The number of aliphatic hydroxyl groups excluding tert-OH is 2. The predicted octanol–water partition coefficient (Wildman–Crippen LogP) is -1.41. The smallest absolute Gasteiger partial charge is 0.333 e. The Kier molecular flexibility index (Phi) is 4.09. The molecule has 1 aliphatic rings. The summed E-state index contributed by atoms with van der Waals surface area (Å²) in [5.41, 5.74) is -0.679. The van der Waals surface area contributed by atoms with Gasteiger partial charge in [-0.1, -0.05) is 5.92 Å². The molecule has 7 heteroatoms. The second-order valence-corrected chi connectivity index (χ2v) is 4.71. The molecule has 0 aromatic carbocycles. The molecule has 0 amide bonds. The fraction of sp³-hybridized carbons (Fsp3) is 0.538. The normalized spacial score (nSPS) is 25.6. The van der Waals surface area contributed by atoms with Crippen LogP contribution in [-0.4, -0.2) is 38.2 Å². The first-order chi connectivity index (χ1) is 9.49. The Morgan fingerprint density at radius 1 is 1.55 bits per heavy atom. The van der Waals surface area contributed by atoms with Gasteiger partial charge in [0, 0.05) is 18.2 Å². The third-order valence-electron chi connectivity index (χ3n) is 3.31. The van der Waals surface area contributed by atoms with Crippen LogP contribution in [0.4, 0.5) is 0 Å². The summed E-state index contributed by atoms with van der Waals surface area (Å²) in [4.78, 5) is 24.1. The van der Waals surface area contributed by atoms with E-state index in [1.807, 2.05) is 0 Å². The maximum atomic E-state index is 12.2. The van der Waals surface area contributed by atoms with Crippen molar-refractivity contribution < 1.29 is 14.9 Å². The Bertz CT molecular complexity index is 654. The number of ether oxygens (including phenoxy) is 1. The minimum absolute atomic E-state index is 0.127. The third-order valence-corrected chi connectivity index (χ3v) is 3.31. The first kappa shape index (κ1) is 14.5. The van der Waals surface area contributed by atoms with E-state index >= 15 is 0 Å².